The van der Waals surface area contributed by atoms with Crippen LogP contribution in [0.1, 0.15) is 18.4 Å². The number of carbonyl (C=O) groups is 1. The quantitative estimate of drug-likeness (QED) is 0.493. The molecule has 1 aromatic rings. The zero-order valence-corrected chi connectivity index (χ0v) is 15.8. The van der Waals surface area contributed by atoms with Crippen molar-refractivity contribution in [1.29, 1.82) is 0 Å². The average Bonchev–Trinajstić information content (AvgIpc) is 3.03. The van der Waals surface area contributed by atoms with Gasteiger partial charge in [-0.15, -0.1) is 0 Å². The maximum absolute atomic E-state index is 12.8. The number of hydrogen-bond donors (Lipinski definition) is 3. The number of rotatable bonds is 7. The van der Waals surface area contributed by atoms with Crippen LogP contribution in [0.3, 0.4) is 0 Å². The molecule has 3 atom stereocenters. The van der Waals surface area contributed by atoms with Crippen molar-refractivity contribution in [2.75, 3.05) is 12.8 Å². The van der Waals surface area contributed by atoms with Crippen molar-refractivity contribution in [3.05, 3.63) is 35.9 Å². The van der Waals surface area contributed by atoms with Gasteiger partial charge in [-0.1, -0.05) is 30.3 Å². The third-order valence-corrected chi connectivity index (χ3v) is 7.06. The molecule has 1 aromatic carbocycles. The Morgan fingerprint density at radius 1 is 1.31 bits per heavy atom. The molecule has 1 aliphatic rings. The van der Waals surface area contributed by atoms with E-state index in [-0.39, 0.29) is 19.4 Å². The van der Waals surface area contributed by atoms with Crippen LogP contribution in [0.2, 0.25) is 0 Å². The van der Waals surface area contributed by atoms with Crippen LogP contribution in [-0.2, 0) is 31.4 Å². The number of benzene rings is 1. The van der Waals surface area contributed by atoms with E-state index >= 15 is 0 Å². The Balaban J connectivity index is 2.41. The Morgan fingerprint density at radius 3 is 2.38 bits per heavy atom. The highest BCUT2D eigenvalue weighted by molar-refractivity contribution is 7.88. The number of aliphatic hydroxyl groups is 1. The fourth-order valence-electron chi connectivity index (χ4n) is 3.15. The zero-order valence-electron chi connectivity index (χ0n) is 14.1. The first-order valence-electron chi connectivity index (χ1n) is 7.89. The van der Waals surface area contributed by atoms with Crippen molar-refractivity contribution >= 4 is 25.9 Å². The van der Waals surface area contributed by atoms with Gasteiger partial charge in [0.1, 0.15) is 0 Å². The number of sulfonamides is 1. The van der Waals surface area contributed by atoms with E-state index in [4.69, 9.17) is 5.73 Å². The predicted octanol–water partition coefficient (Wildman–Crippen LogP) is -0.874. The monoisotopic (exact) mass is 406 g/mol. The van der Waals surface area contributed by atoms with E-state index in [9.17, 15) is 31.3 Å². The van der Waals surface area contributed by atoms with E-state index < -0.39 is 42.9 Å². The fourth-order valence-corrected chi connectivity index (χ4v) is 5.13. The summed E-state index contributed by atoms with van der Waals surface area (Å²) in [6.07, 6.45) is 1.02. The number of ketones is 1. The lowest BCUT2D eigenvalue weighted by Gasteiger charge is -2.33. The first-order chi connectivity index (χ1) is 11.9. The molecule has 26 heavy (non-hydrogen) atoms. The Morgan fingerprint density at radius 2 is 1.88 bits per heavy atom. The van der Waals surface area contributed by atoms with Crippen molar-refractivity contribution in [3.63, 3.8) is 0 Å². The molecule has 0 radical (unpaired) electrons. The van der Waals surface area contributed by atoms with E-state index in [0.717, 1.165) is 10.6 Å². The summed E-state index contributed by atoms with van der Waals surface area (Å²) in [7, 11) is -9.13. The van der Waals surface area contributed by atoms with Crippen molar-refractivity contribution in [1.82, 2.24) is 4.31 Å². The Kier molecular flexibility index (Phi) is 5.90. The minimum atomic E-state index is -5.33. The molecule has 2 rings (SSSR count). The average molecular weight is 406 g/mol. The molecule has 146 valence electrons. The lowest BCUT2D eigenvalue weighted by atomic mass is 9.95. The van der Waals surface area contributed by atoms with Crippen LogP contribution in [0.4, 0.5) is 0 Å². The van der Waals surface area contributed by atoms with Crippen LogP contribution < -0.4 is 5.73 Å². The summed E-state index contributed by atoms with van der Waals surface area (Å²) in [5, 5.41) is 10.7. The highest BCUT2D eigenvalue weighted by Gasteiger charge is 2.57. The van der Waals surface area contributed by atoms with Gasteiger partial charge >= 0.3 is 10.1 Å². The first-order valence-corrected chi connectivity index (χ1v) is 11.2. The molecule has 0 saturated carbocycles. The summed E-state index contributed by atoms with van der Waals surface area (Å²) < 4.78 is 57.8. The SMILES string of the molecule is CS(=O)(=O)N1CCC[C@H]1C(=O)C(O)(C(N)Cc1ccccc1)S(=O)(=O)O. The van der Waals surface area contributed by atoms with Crippen LogP contribution in [0, 0.1) is 0 Å². The van der Waals surface area contributed by atoms with Gasteiger partial charge in [0.15, 0.2) is 0 Å². The lowest BCUT2D eigenvalue weighted by Crippen LogP contribution is -2.64. The minimum Gasteiger partial charge on any atom is -0.366 e. The molecule has 2 unspecified atom stereocenters. The third kappa shape index (κ3) is 3.97. The van der Waals surface area contributed by atoms with E-state index in [2.05, 4.69) is 0 Å². The number of hydrogen-bond acceptors (Lipinski definition) is 7. The van der Waals surface area contributed by atoms with Gasteiger partial charge in [0.2, 0.25) is 15.8 Å². The summed E-state index contributed by atoms with van der Waals surface area (Å²) >= 11 is 0. The van der Waals surface area contributed by atoms with E-state index in [1.165, 1.54) is 0 Å². The third-order valence-electron chi connectivity index (χ3n) is 4.48. The zero-order chi connectivity index (χ0) is 19.8. The maximum atomic E-state index is 12.8. The lowest BCUT2D eigenvalue weighted by molar-refractivity contribution is -0.135. The molecule has 0 bridgehead atoms. The van der Waals surface area contributed by atoms with Gasteiger partial charge in [0.25, 0.3) is 4.93 Å². The molecule has 11 heteroatoms. The molecule has 9 nitrogen and oxygen atoms in total. The van der Waals surface area contributed by atoms with Crippen molar-refractivity contribution in [3.8, 4) is 0 Å². The van der Waals surface area contributed by atoms with E-state index in [1.807, 2.05) is 0 Å². The molecule has 0 amide bonds. The molecule has 1 aliphatic heterocycles. The van der Waals surface area contributed by atoms with Gasteiger partial charge in [-0.3, -0.25) is 9.35 Å². The second-order valence-electron chi connectivity index (χ2n) is 6.36. The fraction of sp³-hybridized carbons (Fsp3) is 0.533. The molecule has 1 heterocycles. The predicted molar refractivity (Wildman–Crippen MR) is 94.2 cm³/mol. The van der Waals surface area contributed by atoms with Gasteiger partial charge in [-0.05, 0) is 24.8 Å². The van der Waals surface area contributed by atoms with Gasteiger partial charge in [-0.25, -0.2) is 8.42 Å². The summed E-state index contributed by atoms with van der Waals surface area (Å²) in [5.74, 6) is -1.34. The number of nitrogens with zero attached hydrogens (tertiary/aromatic N) is 1. The van der Waals surface area contributed by atoms with Crippen molar-refractivity contribution < 1.29 is 31.3 Å². The van der Waals surface area contributed by atoms with Gasteiger partial charge in [0, 0.05) is 6.54 Å². The summed E-state index contributed by atoms with van der Waals surface area (Å²) in [5.41, 5.74) is 6.36. The summed E-state index contributed by atoms with van der Waals surface area (Å²) in [6, 6.07) is 5.20. The van der Waals surface area contributed by atoms with Gasteiger partial charge in [0.05, 0.1) is 18.3 Å². The molecule has 0 spiro atoms. The van der Waals surface area contributed by atoms with Crippen LogP contribution in [0.15, 0.2) is 30.3 Å². The topological polar surface area (TPSA) is 155 Å². The minimum absolute atomic E-state index is 0.0186. The highest BCUT2D eigenvalue weighted by atomic mass is 32.2. The molecule has 0 aliphatic carbocycles. The molecule has 4 N–H and O–H groups in total. The highest BCUT2D eigenvalue weighted by Crippen LogP contribution is 2.30. The normalized spacial score (nSPS) is 22.7. The van der Waals surface area contributed by atoms with Crippen molar-refractivity contribution in [2.24, 2.45) is 5.73 Å². The number of Topliss-reactive ketones (excluding diaryl/α,β-unsaturated/α-hetero) is 1. The van der Waals surface area contributed by atoms with Crippen LogP contribution in [0.25, 0.3) is 0 Å². The van der Waals surface area contributed by atoms with E-state index in [0.29, 0.717) is 12.0 Å². The first kappa shape index (κ1) is 20.9. The second-order valence-corrected chi connectivity index (χ2v) is 9.87. The van der Waals surface area contributed by atoms with Crippen LogP contribution in [0.5, 0.6) is 0 Å². The molecular formula is C15H22N2O7S2. The Hall–Kier alpha value is -1.37. The molecule has 0 aromatic heterocycles. The second kappa shape index (κ2) is 7.33. The standard InChI is InChI=1S/C15H22N2O7S2/c1-25(20,21)17-9-5-8-12(17)14(18)15(19,26(22,23)24)13(16)10-11-6-3-2-4-7-11/h2-4,6-7,12-13,19H,5,8-10,16H2,1H3,(H,22,23,24)/t12-,13?,15?/m0/s1. The van der Waals surface area contributed by atoms with E-state index in [1.54, 1.807) is 30.3 Å². The Bertz CT molecular complexity index is 871. The largest absolute Gasteiger partial charge is 0.366 e. The number of nitrogens with two attached hydrogens (primary N) is 1. The Labute approximate surface area is 152 Å². The van der Waals surface area contributed by atoms with Crippen molar-refractivity contribution in [2.45, 2.75) is 36.3 Å². The van der Waals surface area contributed by atoms with Gasteiger partial charge in [-0.2, -0.15) is 12.7 Å². The van der Waals surface area contributed by atoms with Crippen LogP contribution >= 0.6 is 0 Å². The molecule has 1 fully saturated rings. The summed E-state index contributed by atoms with van der Waals surface area (Å²) in [4.78, 5) is 9.51. The van der Waals surface area contributed by atoms with Gasteiger partial charge < -0.3 is 10.8 Å². The maximum Gasteiger partial charge on any atom is 0.304 e. The molecular weight excluding hydrogens is 384 g/mol. The van der Waals surface area contributed by atoms with Crippen LogP contribution in [-0.4, -0.2) is 66.4 Å². The smallest absolute Gasteiger partial charge is 0.304 e. The molecule has 1 saturated heterocycles. The summed E-state index contributed by atoms with van der Waals surface area (Å²) in [6.45, 7) is 0.0186. The number of carbonyl (C=O) groups excluding carboxylic acids is 1.